The number of nitrogens with zero attached hydrogens (tertiary/aromatic N) is 3. The summed E-state index contributed by atoms with van der Waals surface area (Å²) in [6.45, 7) is 0. The zero-order valence-electron chi connectivity index (χ0n) is 7.65. The maximum Gasteiger partial charge on any atom is 0.260 e. The van der Waals surface area contributed by atoms with E-state index in [1.165, 1.54) is 5.51 Å². The number of carbonyl (C=O) groups is 1. The van der Waals surface area contributed by atoms with Crippen LogP contribution in [0, 0.1) is 11.8 Å². The Balaban J connectivity index is 2.24. The first-order valence-electron chi connectivity index (χ1n) is 4.06. The van der Waals surface area contributed by atoms with Gasteiger partial charge in [-0.25, -0.2) is 9.37 Å². The van der Waals surface area contributed by atoms with Gasteiger partial charge >= 0.3 is 0 Å². The zero-order valence-corrected chi connectivity index (χ0v) is 8.46. The van der Waals surface area contributed by atoms with Gasteiger partial charge in [-0.05, 0) is 6.07 Å². The Morgan fingerprint density at radius 1 is 1.44 bits per heavy atom. The number of aromatic nitrogens is 3. The van der Waals surface area contributed by atoms with Gasteiger partial charge in [0.1, 0.15) is 5.51 Å². The quantitative estimate of drug-likeness (QED) is 0.809. The van der Waals surface area contributed by atoms with Crippen molar-refractivity contribution in [3.63, 3.8) is 0 Å². The summed E-state index contributed by atoms with van der Waals surface area (Å²) in [4.78, 5) is 14.6. The molecule has 8 heteroatoms. The summed E-state index contributed by atoms with van der Waals surface area (Å²) in [6, 6.07) is 1.08. The molecule has 5 nitrogen and oxygen atoms in total. The first kappa shape index (κ1) is 10.6. The van der Waals surface area contributed by atoms with Gasteiger partial charge in [0.05, 0.1) is 5.56 Å². The van der Waals surface area contributed by atoms with Crippen molar-refractivity contribution in [3.8, 4) is 0 Å². The predicted molar refractivity (Wildman–Crippen MR) is 52.0 cm³/mol. The van der Waals surface area contributed by atoms with Crippen molar-refractivity contribution in [2.24, 2.45) is 0 Å². The molecule has 16 heavy (non-hydrogen) atoms. The van der Waals surface area contributed by atoms with Crippen LogP contribution in [0.4, 0.5) is 13.9 Å². The molecule has 0 aliphatic heterocycles. The third-order valence-electron chi connectivity index (χ3n) is 1.67. The van der Waals surface area contributed by atoms with Gasteiger partial charge in [0.15, 0.2) is 5.82 Å². The summed E-state index contributed by atoms with van der Waals surface area (Å²) in [5, 5.41) is 9.51. The number of amides is 1. The summed E-state index contributed by atoms with van der Waals surface area (Å²) in [6.07, 6.45) is 1.01. The number of halogens is 2. The molecule has 0 atom stereocenters. The third kappa shape index (κ3) is 2.01. The van der Waals surface area contributed by atoms with E-state index in [0.29, 0.717) is 0 Å². The van der Waals surface area contributed by atoms with Gasteiger partial charge in [0.25, 0.3) is 5.91 Å². The number of pyridine rings is 1. The molecule has 0 bridgehead atoms. The fourth-order valence-corrected chi connectivity index (χ4v) is 1.43. The van der Waals surface area contributed by atoms with Gasteiger partial charge in [-0.15, -0.1) is 10.2 Å². The van der Waals surface area contributed by atoms with Crippen LogP contribution in [-0.2, 0) is 0 Å². The van der Waals surface area contributed by atoms with Crippen LogP contribution in [0.25, 0.3) is 0 Å². The molecule has 0 radical (unpaired) electrons. The van der Waals surface area contributed by atoms with Gasteiger partial charge in [-0.2, -0.15) is 4.39 Å². The van der Waals surface area contributed by atoms with E-state index in [1.54, 1.807) is 0 Å². The maximum atomic E-state index is 13.1. The Kier molecular flexibility index (Phi) is 2.82. The standard InChI is InChI=1S/C8H4F2N4OS/c9-5-4(1-2-11-6(5)10)7(15)13-8-14-12-3-16-8/h1-3H,(H,13,14,15). The molecule has 82 valence electrons. The Bertz CT molecular complexity index is 517. The van der Waals surface area contributed by atoms with E-state index >= 15 is 0 Å². The van der Waals surface area contributed by atoms with E-state index in [9.17, 15) is 13.6 Å². The monoisotopic (exact) mass is 242 g/mol. The summed E-state index contributed by atoms with van der Waals surface area (Å²) in [7, 11) is 0. The van der Waals surface area contributed by atoms with Crippen molar-refractivity contribution in [1.29, 1.82) is 0 Å². The summed E-state index contributed by atoms with van der Waals surface area (Å²) < 4.78 is 25.9. The molecule has 0 aliphatic carbocycles. The van der Waals surface area contributed by atoms with Crippen LogP contribution in [0.1, 0.15) is 10.4 Å². The lowest BCUT2D eigenvalue weighted by Crippen LogP contribution is -2.14. The normalized spacial score (nSPS) is 10.1. The van der Waals surface area contributed by atoms with Gasteiger partial charge in [0.2, 0.25) is 11.1 Å². The number of nitrogens with one attached hydrogen (secondary N) is 1. The highest BCUT2D eigenvalue weighted by molar-refractivity contribution is 7.13. The number of rotatable bonds is 2. The molecule has 0 fully saturated rings. The Hall–Kier alpha value is -1.96. The highest BCUT2D eigenvalue weighted by Gasteiger charge is 2.16. The van der Waals surface area contributed by atoms with E-state index in [4.69, 9.17) is 0 Å². The second-order valence-electron chi connectivity index (χ2n) is 2.66. The molecule has 2 aromatic heterocycles. The van der Waals surface area contributed by atoms with Gasteiger partial charge in [0, 0.05) is 6.20 Å². The molecule has 0 spiro atoms. The van der Waals surface area contributed by atoms with Gasteiger partial charge in [-0.1, -0.05) is 11.3 Å². The molecular weight excluding hydrogens is 238 g/mol. The van der Waals surface area contributed by atoms with Crippen LogP contribution < -0.4 is 5.32 Å². The van der Waals surface area contributed by atoms with Gasteiger partial charge in [-0.3, -0.25) is 10.1 Å². The Morgan fingerprint density at radius 3 is 2.94 bits per heavy atom. The molecule has 2 rings (SSSR count). The molecule has 0 saturated carbocycles. The van der Waals surface area contributed by atoms with Crippen LogP contribution in [0.15, 0.2) is 17.8 Å². The minimum absolute atomic E-state index is 0.210. The minimum Gasteiger partial charge on any atom is -0.296 e. The fourth-order valence-electron chi connectivity index (χ4n) is 0.986. The zero-order chi connectivity index (χ0) is 11.5. The van der Waals surface area contributed by atoms with Crippen LogP contribution >= 0.6 is 11.3 Å². The molecule has 0 saturated heterocycles. The summed E-state index contributed by atoms with van der Waals surface area (Å²) >= 11 is 1.07. The maximum absolute atomic E-state index is 13.1. The lowest BCUT2D eigenvalue weighted by atomic mass is 10.2. The van der Waals surface area contributed by atoms with Crippen LogP contribution in [0.2, 0.25) is 0 Å². The topological polar surface area (TPSA) is 67.8 Å². The van der Waals surface area contributed by atoms with Crippen LogP contribution in [0.3, 0.4) is 0 Å². The second-order valence-corrected chi connectivity index (χ2v) is 3.49. The molecule has 2 aromatic rings. The molecule has 0 unspecified atom stereocenters. The number of anilines is 1. The second kappa shape index (κ2) is 4.27. The van der Waals surface area contributed by atoms with Crippen LogP contribution in [-0.4, -0.2) is 21.1 Å². The first-order valence-corrected chi connectivity index (χ1v) is 4.94. The lowest BCUT2D eigenvalue weighted by molar-refractivity contribution is 0.102. The van der Waals surface area contributed by atoms with E-state index in [-0.39, 0.29) is 5.13 Å². The van der Waals surface area contributed by atoms with Crippen molar-refractivity contribution in [2.75, 3.05) is 5.32 Å². The molecule has 0 aliphatic rings. The first-order chi connectivity index (χ1) is 7.68. The predicted octanol–water partition coefficient (Wildman–Crippen LogP) is 1.46. The van der Waals surface area contributed by atoms with E-state index in [2.05, 4.69) is 20.5 Å². The Morgan fingerprint density at radius 2 is 2.25 bits per heavy atom. The summed E-state index contributed by atoms with van der Waals surface area (Å²) in [5.41, 5.74) is 0.974. The van der Waals surface area contributed by atoms with Crippen molar-refractivity contribution in [2.45, 2.75) is 0 Å². The molecular formula is C8H4F2N4OS. The fraction of sp³-hybridized carbons (Fsp3) is 0. The van der Waals surface area contributed by atoms with E-state index in [0.717, 1.165) is 23.6 Å². The van der Waals surface area contributed by atoms with Crippen LogP contribution in [0.5, 0.6) is 0 Å². The van der Waals surface area contributed by atoms with Crippen molar-refractivity contribution >= 4 is 22.4 Å². The third-order valence-corrected chi connectivity index (χ3v) is 2.28. The lowest BCUT2D eigenvalue weighted by Gasteiger charge is -2.02. The van der Waals surface area contributed by atoms with Gasteiger partial charge < -0.3 is 0 Å². The molecule has 2 heterocycles. The molecule has 1 amide bonds. The number of carbonyl (C=O) groups excluding carboxylic acids is 1. The highest BCUT2D eigenvalue weighted by Crippen LogP contribution is 2.13. The number of hydrogen-bond acceptors (Lipinski definition) is 5. The smallest absolute Gasteiger partial charge is 0.260 e. The largest absolute Gasteiger partial charge is 0.296 e. The van der Waals surface area contributed by atoms with E-state index in [1.807, 2.05) is 0 Å². The van der Waals surface area contributed by atoms with Crippen molar-refractivity contribution in [3.05, 3.63) is 35.1 Å². The molecule has 1 N–H and O–H groups in total. The summed E-state index contributed by atoms with van der Waals surface area (Å²) in [5.74, 6) is -3.40. The van der Waals surface area contributed by atoms with Crippen molar-refractivity contribution < 1.29 is 13.6 Å². The SMILES string of the molecule is O=C(Nc1nncs1)c1ccnc(F)c1F. The average molecular weight is 242 g/mol. The highest BCUT2D eigenvalue weighted by atomic mass is 32.1. The number of hydrogen-bond donors (Lipinski definition) is 1. The minimum atomic E-state index is -1.31. The Labute approximate surface area is 92.2 Å². The molecule has 0 aromatic carbocycles. The van der Waals surface area contributed by atoms with Crippen molar-refractivity contribution in [1.82, 2.24) is 15.2 Å². The average Bonchev–Trinajstić information content (AvgIpc) is 2.74. The van der Waals surface area contributed by atoms with E-state index < -0.39 is 23.2 Å².